The topological polar surface area (TPSA) is 220 Å². The summed E-state index contributed by atoms with van der Waals surface area (Å²) in [6, 6.07) is -4.11. The standard InChI is InChI=1S/C23H44N6O6/c1-5-14(4)19(29-20(31)15(25)12-13(2)3)22(33)27-16(8-6-7-11-24)21(32)28-17(23(34)35)9-10-18(26)30/h13-17,19H,5-12,24-25H2,1-4H3,(H2,26,30)(H,27,33)(H,28,32)(H,29,31)(H,34,35). The van der Waals surface area contributed by atoms with Gasteiger partial charge in [0, 0.05) is 6.42 Å². The van der Waals surface area contributed by atoms with Gasteiger partial charge in [-0.15, -0.1) is 0 Å². The third-order valence-electron chi connectivity index (χ3n) is 5.73. The number of nitrogens with two attached hydrogens (primary N) is 3. The molecular formula is C23H44N6O6. The molecule has 0 bridgehead atoms. The van der Waals surface area contributed by atoms with E-state index in [0.29, 0.717) is 32.2 Å². The number of amides is 4. The van der Waals surface area contributed by atoms with Gasteiger partial charge in [-0.3, -0.25) is 19.2 Å². The van der Waals surface area contributed by atoms with E-state index in [-0.39, 0.29) is 31.1 Å². The predicted molar refractivity (Wildman–Crippen MR) is 132 cm³/mol. The highest BCUT2D eigenvalue weighted by Gasteiger charge is 2.32. The minimum Gasteiger partial charge on any atom is -0.480 e. The fourth-order valence-electron chi connectivity index (χ4n) is 3.42. The lowest BCUT2D eigenvalue weighted by Crippen LogP contribution is -2.58. The average molecular weight is 501 g/mol. The Morgan fingerprint density at radius 2 is 1.46 bits per heavy atom. The molecular weight excluding hydrogens is 456 g/mol. The van der Waals surface area contributed by atoms with E-state index in [9.17, 15) is 29.1 Å². The van der Waals surface area contributed by atoms with E-state index in [1.165, 1.54) is 0 Å². The number of rotatable bonds is 18. The minimum atomic E-state index is -1.34. The van der Waals surface area contributed by atoms with Crippen LogP contribution in [0.5, 0.6) is 0 Å². The molecule has 202 valence electrons. The number of nitrogens with one attached hydrogen (secondary N) is 3. The third-order valence-corrected chi connectivity index (χ3v) is 5.73. The Hall–Kier alpha value is -2.73. The summed E-state index contributed by atoms with van der Waals surface area (Å²) in [5.41, 5.74) is 16.6. The van der Waals surface area contributed by atoms with Crippen LogP contribution in [0, 0.1) is 11.8 Å². The second-order valence-electron chi connectivity index (χ2n) is 9.36. The van der Waals surface area contributed by atoms with Gasteiger partial charge in [0.15, 0.2) is 0 Å². The Labute approximate surface area is 207 Å². The number of hydrogen-bond acceptors (Lipinski definition) is 7. The average Bonchev–Trinajstić information content (AvgIpc) is 2.77. The fraction of sp³-hybridized carbons (Fsp3) is 0.783. The first-order valence-corrected chi connectivity index (χ1v) is 12.2. The molecule has 0 aliphatic heterocycles. The number of unbranched alkanes of at least 4 members (excludes halogenated alkanes) is 1. The molecule has 5 unspecified atom stereocenters. The molecule has 0 aromatic carbocycles. The van der Waals surface area contributed by atoms with Crippen LogP contribution in [0.25, 0.3) is 0 Å². The van der Waals surface area contributed by atoms with E-state index in [1.54, 1.807) is 6.92 Å². The second-order valence-corrected chi connectivity index (χ2v) is 9.36. The van der Waals surface area contributed by atoms with E-state index in [1.807, 2.05) is 20.8 Å². The van der Waals surface area contributed by atoms with Crippen LogP contribution < -0.4 is 33.2 Å². The van der Waals surface area contributed by atoms with Gasteiger partial charge in [0.2, 0.25) is 23.6 Å². The normalized spacial score (nSPS) is 15.4. The third kappa shape index (κ3) is 13.1. The van der Waals surface area contributed by atoms with Crippen molar-refractivity contribution in [2.45, 2.75) is 96.8 Å². The molecule has 0 aliphatic carbocycles. The molecule has 12 heteroatoms. The van der Waals surface area contributed by atoms with Crippen molar-refractivity contribution in [3.05, 3.63) is 0 Å². The van der Waals surface area contributed by atoms with Crippen molar-refractivity contribution in [3.8, 4) is 0 Å². The molecule has 0 radical (unpaired) electrons. The van der Waals surface area contributed by atoms with Crippen molar-refractivity contribution < 1.29 is 29.1 Å². The van der Waals surface area contributed by atoms with Gasteiger partial charge in [0.1, 0.15) is 18.1 Å². The molecule has 0 saturated heterocycles. The molecule has 0 fully saturated rings. The maximum Gasteiger partial charge on any atom is 0.326 e. The summed E-state index contributed by atoms with van der Waals surface area (Å²) >= 11 is 0. The smallest absolute Gasteiger partial charge is 0.326 e. The monoisotopic (exact) mass is 500 g/mol. The van der Waals surface area contributed by atoms with Crippen molar-refractivity contribution in [3.63, 3.8) is 0 Å². The number of carboxylic acids is 1. The fourth-order valence-corrected chi connectivity index (χ4v) is 3.42. The lowest BCUT2D eigenvalue weighted by atomic mass is 9.96. The Kier molecular flexibility index (Phi) is 15.5. The van der Waals surface area contributed by atoms with Crippen molar-refractivity contribution >= 4 is 29.6 Å². The molecule has 12 nitrogen and oxygen atoms in total. The quantitative estimate of drug-likeness (QED) is 0.119. The summed E-state index contributed by atoms with van der Waals surface area (Å²) in [5, 5.41) is 17.1. The second kappa shape index (κ2) is 16.8. The predicted octanol–water partition coefficient (Wildman–Crippen LogP) is -0.661. The zero-order valence-electron chi connectivity index (χ0n) is 21.3. The number of carbonyl (C=O) groups is 5. The highest BCUT2D eigenvalue weighted by atomic mass is 16.4. The number of carboxylic acid groups (broad SMARTS) is 1. The molecule has 0 heterocycles. The summed E-state index contributed by atoms with van der Waals surface area (Å²) in [6.45, 7) is 7.92. The Morgan fingerprint density at radius 3 is 1.94 bits per heavy atom. The molecule has 0 aromatic heterocycles. The maximum atomic E-state index is 13.2. The lowest BCUT2D eigenvalue weighted by molar-refractivity contribution is -0.142. The number of carbonyl (C=O) groups excluding carboxylic acids is 4. The number of primary amides is 1. The molecule has 4 amide bonds. The van der Waals surface area contributed by atoms with Gasteiger partial charge < -0.3 is 38.3 Å². The van der Waals surface area contributed by atoms with Gasteiger partial charge in [0.05, 0.1) is 6.04 Å². The summed E-state index contributed by atoms with van der Waals surface area (Å²) in [4.78, 5) is 61.2. The molecule has 0 aromatic rings. The Bertz CT molecular complexity index is 717. The maximum absolute atomic E-state index is 13.2. The van der Waals surface area contributed by atoms with E-state index in [2.05, 4.69) is 16.0 Å². The Balaban J connectivity index is 5.57. The Morgan fingerprint density at radius 1 is 0.857 bits per heavy atom. The first-order valence-electron chi connectivity index (χ1n) is 12.2. The van der Waals surface area contributed by atoms with Crippen LogP contribution in [0.1, 0.15) is 72.6 Å². The van der Waals surface area contributed by atoms with E-state index in [0.717, 1.165) is 0 Å². The van der Waals surface area contributed by atoms with Gasteiger partial charge in [-0.1, -0.05) is 34.1 Å². The van der Waals surface area contributed by atoms with Gasteiger partial charge in [-0.2, -0.15) is 0 Å². The molecule has 35 heavy (non-hydrogen) atoms. The van der Waals surface area contributed by atoms with Crippen LogP contribution in [0.2, 0.25) is 0 Å². The number of aliphatic carboxylic acids is 1. The van der Waals surface area contributed by atoms with E-state index >= 15 is 0 Å². The first kappa shape index (κ1) is 32.3. The van der Waals surface area contributed by atoms with Gasteiger partial charge in [-0.25, -0.2) is 4.79 Å². The highest BCUT2D eigenvalue weighted by Crippen LogP contribution is 2.12. The summed E-state index contributed by atoms with van der Waals surface area (Å²) in [5.74, 6) is -3.81. The lowest BCUT2D eigenvalue weighted by Gasteiger charge is -2.28. The molecule has 0 rings (SSSR count). The van der Waals surface area contributed by atoms with Crippen molar-refractivity contribution in [2.24, 2.45) is 29.0 Å². The van der Waals surface area contributed by atoms with Crippen LogP contribution in [0.3, 0.4) is 0 Å². The summed E-state index contributed by atoms with van der Waals surface area (Å²) in [7, 11) is 0. The van der Waals surface area contributed by atoms with E-state index in [4.69, 9.17) is 17.2 Å². The van der Waals surface area contributed by atoms with Gasteiger partial charge in [-0.05, 0) is 50.5 Å². The molecule has 0 aliphatic rings. The summed E-state index contributed by atoms with van der Waals surface area (Å²) < 4.78 is 0. The molecule has 0 saturated carbocycles. The van der Waals surface area contributed by atoms with Gasteiger partial charge in [0.25, 0.3) is 0 Å². The molecule has 0 spiro atoms. The van der Waals surface area contributed by atoms with Crippen LogP contribution in [0.15, 0.2) is 0 Å². The number of hydrogen-bond donors (Lipinski definition) is 7. The zero-order valence-corrected chi connectivity index (χ0v) is 21.3. The minimum absolute atomic E-state index is 0.181. The van der Waals surface area contributed by atoms with Crippen molar-refractivity contribution in [1.82, 2.24) is 16.0 Å². The first-order chi connectivity index (χ1) is 16.3. The largest absolute Gasteiger partial charge is 0.480 e. The van der Waals surface area contributed by atoms with Gasteiger partial charge >= 0.3 is 5.97 Å². The van der Waals surface area contributed by atoms with Crippen molar-refractivity contribution in [1.29, 1.82) is 0 Å². The van der Waals surface area contributed by atoms with Crippen LogP contribution >= 0.6 is 0 Å². The SMILES string of the molecule is CCC(C)C(NC(=O)C(N)CC(C)C)C(=O)NC(CCCCN)C(=O)NC(CCC(N)=O)C(=O)O. The summed E-state index contributed by atoms with van der Waals surface area (Å²) in [6.07, 6.45) is 1.94. The highest BCUT2D eigenvalue weighted by molar-refractivity contribution is 5.94. The van der Waals surface area contributed by atoms with Crippen LogP contribution in [-0.4, -0.2) is 65.4 Å². The molecule has 5 atom stereocenters. The molecule has 10 N–H and O–H groups in total. The van der Waals surface area contributed by atoms with Crippen LogP contribution in [-0.2, 0) is 24.0 Å². The van der Waals surface area contributed by atoms with E-state index < -0.39 is 53.8 Å². The van der Waals surface area contributed by atoms with Crippen LogP contribution in [0.4, 0.5) is 0 Å². The zero-order chi connectivity index (χ0) is 27.1. The van der Waals surface area contributed by atoms with Crippen molar-refractivity contribution in [2.75, 3.05) is 6.54 Å².